The number of halogens is 1. The Labute approximate surface area is 122 Å². The number of nitrogens with zero attached hydrogens (tertiary/aromatic N) is 2. The summed E-state index contributed by atoms with van der Waals surface area (Å²) in [5, 5.41) is 8.33. The molecule has 0 amide bonds. The van der Waals surface area contributed by atoms with Crippen LogP contribution in [0.3, 0.4) is 0 Å². The predicted octanol–water partition coefficient (Wildman–Crippen LogP) is 3.15. The molecular weight excluding hydrogens is 332 g/mol. The summed E-state index contributed by atoms with van der Waals surface area (Å²) < 4.78 is 11.0. The standard InChI is InChI=1S/C12H11BrN2O3S/c1-17-10(16)6-7-19-12-15-14-11(18-12)8-2-4-9(13)5-3-8/h2-5H,6-7H2,1H3. The highest BCUT2D eigenvalue weighted by atomic mass is 79.9. The molecule has 19 heavy (non-hydrogen) atoms. The van der Waals surface area contributed by atoms with E-state index in [1.54, 1.807) is 0 Å². The van der Waals surface area contributed by atoms with E-state index in [1.165, 1.54) is 18.9 Å². The molecule has 0 aliphatic heterocycles. The number of ether oxygens (including phenoxy) is 1. The molecule has 0 N–H and O–H groups in total. The summed E-state index contributed by atoms with van der Waals surface area (Å²) in [6.45, 7) is 0. The molecule has 0 spiro atoms. The van der Waals surface area contributed by atoms with Gasteiger partial charge in [0.05, 0.1) is 13.5 Å². The normalized spacial score (nSPS) is 10.4. The van der Waals surface area contributed by atoms with Crippen molar-refractivity contribution >= 4 is 33.7 Å². The quantitative estimate of drug-likeness (QED) is 0.614. The molecule has 0 saturated carbocycles. The first-order chi connectivity index (χ1) is 9.19. The van der Waals surface area contributed by atoms with Crippen molar-refractivity contribution in [1.82, 2.24) is 10.2 Å². The monoisotopic (exact) mass is 342 g/mol. The number of rotatable bonds is 5. The summed E-state index contributed by atoms with van der Waals surface area (Å²) in [4.78, 5) is 11.0. The minimum Gasteiger partial charge on any atom is -0.469 e. The summed E-state index contributed by atoms with van der Waals surface area (Å²) in [6, 6.07) is 7.59. The van der Waals surface area contributed by atoms with Crippen molar-refractivity contribution in [1.29, 1.82) is 0 Å². The van der Waals surface area contributed by atoms with E-state index >= 15 is 0 Å². The van der Waals surface area contributed by atoms with Crippen LogP contribution in [0.25, 0.3) is 11.5 Å². The minimum absolute atomic E-state index is 0.250. The Morgan fingerprint density at radius 1 is 1.37 bits per heavy atom. The first-order valence-electron chi connectivity index (χ1n) is 5.48. The van der Waals surface area contributed by atoms with Crippen LogP contribution < -0.4 is 0 Å². The number of carbonyl (C=O) groups is 1. The van der Waals surface area contributed by atoms with Gasteiger partial charge in [-0.3, -0.25) is 4.79 Å². The van der Waals surface area contributed by atoms with E-state index in [0.29, 0.717) is 23.3 Å². The molecule has 100 valence electrons. The van der Waals surface area contributed by atoms with Crippen LogP contribution >= 0.6 is 27.7 Å². The van der Waals surface area contributed by atoms with Crippen LogP contribution in [0.4, 0.5) is 0 Å². The number of hydrogen-bond acceptors (Lipinski definition) is 6. The average Bonchev–Trinajstić information content (AvgIpc) is 2.88. The lowest BCUT2D eigenvalue weighted by molar-refractivity contribution is -0.140. The van der Waals surface area contributed by atoms with Crippen LogP contribution in [0.1, 0.15) is 6.42 Å². The second-order valence-corrected chi connectivity index (χ2v) is 5.52. The topological polar surface area (TPSA) is 65.2 Å². The molecule has 1 aromatic carbocycles. The third kappa shape index (κ3) is 4.07. The SMILES string of the molecule is COC(=O)CCSc1nnc(-c2ccc(Br)cc2)o1. The summed E-state index contributed by atoms with van der Waals surface area (Å²) >= 11 is 4.70. The largest absolute Gasteiger partial charge is 0.469 e. The summed E-state index contributed by atoms with van der Waals surface area (Å²) in [6.07, 6.45) is 0.317. The van der Waals surface area contributed by atoms with Crippen molar-refractivity contribution in [2.45, 2.75) is 11.6 Å². The van der Waals surface area contributed by atoms with Gasteiger partial charge in [0.1, 0.15) is 0 Å². The second-order valence-electron chi connectivity index (χ2n) is 3.55. The maximum absolute atomic E-state index is 11.0. The third-order valence-corrected chi connectivity index (χ3v) is 3.61. The fraction of sp³-hybridized carbons (Fsp3) is 0.250. The summed E-state index contributed by atoms with van der Waals surface area (Å²) in [7, 11) is 1.37. The smallest absolute Gasteiger partial charge is 0.306 e. The van der Waals surface area contributed by atoms with Gasteiger partial charge in [-0.15, -0.1) is 10.2 Å². The lowest BCUT2D eigenvalue weighted by Crippen LogP contribution is -2.00. The van der Waals surface area contributed by atoms with Gasteiger partial charge in [0.15, 0.2) is 0 Å². The highest BCUT2D eigenvalue weighted by Crippen LogP contribution is 2.24. The van der Waals surface area contributed by atoms with Gasteiger partial charge in [0, 0.05) is 15.8 Å². The molecule has 7 heteroatoms. The van der Waals surface area contributed by atoms with Gasteiger partial charge in [0.25, 0.3) is 5.22 Å². The molecule has 0 bridgehead atoms. The molecular formula is C12H11BrN2O3S. The van der Waals surface area contributed by atoms with Crippen molar-refractivity contribution in [3.05, 3.63) is 28.7 Å². The van der Waals surface area contributed by atoms with Crippen molar-refractivity contribution in [2.24, 2.45) is 0 Å². The zero-order valence-corrected chi connectivity index (χ0v) is 12.5. The molecule has 1 aromatic heterocycles. The first-order valence-corrected chi connectivity index (χ1v) is 7.26. The lowest BCUT2D eigenvalue weighted by Gasteiger charge is -1.96. The van der Waals surface area contributed by atoms with Crippen LogP contribution in [0.2, 0.25) is 0 Å². The molecule has 0 aliphatic rings. The van der Waals surface area contributed by atoms with Crippen LogP contribution in [0, 0.1) is 0 Å². The van der Waals surface area contributed by atoms with E-state index in [2.05, 4.69) is 30.9 Å². The molecule has 0 unspecified atom stereocenters. The average molecular weight is 343 g/mol. The zero-order valence-electron chi connectivity index (χ0n) is 10.1. The van der Waals surface area contributed by atoms with Crippen molar-refractivity contribution in [2.75, 3.05) is 12.9 Å². The van der Waals surface area contributed by atoms with E-state index in [4.69, 9.17) is 4.42 Å². The van der Waals surface area contributed by atoms with Crippen LogP contribution in [0.5, 0.6) is 0 Å². The Balaban J connectivity index is 1.95. The molecule has 2 aromatic rings. The zero-order chi connectivity index (χ0) is 13.7. The maximum atomic E-state index is 11.0. The highest BCUT2D eigenvalue weighted by molar-refractivity contribution is 9.10. The first kappa shape index (κ1) is 14.1. The lowest BCUT2D eigenvalue weighted by atomic mass is 10.2. The van der Waals surface area contributed by atoms with Crippen molar-refractivity contribution in [3.63, 3.8) is 0 Å². The molecule has 1 heterocycles. The molecule has 2 rings (SSSR count). The molecule has 0 aliphatic carbocycles. The molecule has 0 saturated heterocycles. The van der Waals surface area contributed by atoms with Gasteiger partial charge in [0.2, 0.25) is 5.89 Å². The van der Waals surface area contributed by atoms with E-state index in [9.17, 15) is 4.79 Å². The van der Waals surface area contributed by atoms with Gasteiger partial charge in [-0.05, 0) is 24.3 Å². The molecule has 0 atom stereocenters. The van der Waals surface area contributed by atoms with E-state index in [-0.39, 0.29) is 5.97 Å². The minimum atomic E-state index is -0.250. The maximum Gasteiger partial charge on any atom is 0.306 e. The third-order valence-electron chi connectivity index (χ3n) is 2.26. The fourth-order valence-corrected chi connectivity index (χ4v) is 2.25. The molecule has 0 fully saturated rings. The number of hydrogen-bond donors (Lipinski definition) is 0. The van der Waals surface area contributed by atoms with E-state index in [0.717, 1.165) is 10.0 Å². The Kier molecular flexibility index (Phi) is 4.98. The molecule has 5 nitrogen and oxygen atoms in total. The van der Waals surface area contributed by atoms with E-state index in [1.807, 2.05) is 24.3 Å². The van der Waals surface area contributed by atoms with Gasteiger partial charge in [-0.1, -0.05) is 27.7 Å². The van der Waals surface area contributed by atoms with Crippen LogP contribution in [-0.2, 0) is 9.53 Å². The van der Waals surface area contributed by atoms with Crippen molar-refractivity contribution in [3.8, 4) is 11.5 Å². The summed E-state index contributed by atoms with van der Waals surface area (Å²) in [5.74, 6) is 0.766. The highest BCUT2D eigenvalue weighted by Gasteiger charge is 2.09. The van der Waals surface area contributed by atoms with Gasteiger partial charge in [-0.25, -0.2) is 0 Å². The van der Waals surface area contributed by atoms with Crippen LogP contribution in [-0.4, -0.2) is 29.0 Å². The number of methoxy groups -OCH3 is 1. The number of carbonyl (C=O) groups excluding carboxylic acids is 1. The van der Waals surface area contributed by atoms with Gasteiger partial charge < -0.3 is 9.15 Å². The van der Waals surface area contributed by atoms with Crippen molar-refractivity contribution < 1.29 is 13.9 Å². The Bertz CT molecular complexity index is 556. The van der Waals surface area contributed by atoms with Gasteiger partial charge >= 0.3 is 5.97 Å². The fourth-order valence-electron chi connectivity index (χ4n) is 1.30. The molecule has 0 radical (unpaired) electrons. The Morgan fingerprint density at radius 3 is 2.79 bits per heavy atom. The van der Waals surface area contributed by atoms with Gasteiger partial charge in [-0.2, -0.15) is 0 Å². The predicted molar refractivity (Wildman–Crippen MR) is 74.8 cm³/mol. The number of esters is 1. The second kappa shape index (κ2) is 6.72. The number of thioether (sulfide) groups is 1. The number of aromatic nitrogens is 2. The Hall–Kier alpha value is -1.34. The number of benzene rings is 1. The summed E-state index contributed by atoms with van der Waals surface area (Å²) in [5.41, 5.74) is 0.857. The van der Waals surface area contributed by atoms with E-state index < -0.39 is 0 Å². The Morgan fingerprint density at radius 2 is 2.11 bits per heavy atom. The van der Waals surface area contributed by atoms with Crippen LogP contribution in [0.15, 0.2) is 38.4 Å².